The highest BCUT2D eigenvalue weighted by Crippen LogP contribution is 2.58. The third kappa shape index (κ3) is 3.81. The SMILES string of the molecule is COC(=O)/C=C1\CO[C@@H]2CCC(C)(C)[C@H](CO[Si](C)(C)C(C)(C)C)[C@]12C. The molecule has 0 spiro atoms. The van der Waals surface area contributed by atoms with Crippen LogP contribution in [-0.4, -0.2) is 40.7 Å². The van der Waals surface area contributed by atoms with E-state index < -0.39 is 8.32 Å². The van der Waals surface area contributed by atoms with Crippen LogP contribution in [0.3, 0.4) is 0 Å². The van der Waals surface area contributed by atoms with E-state index in [0.29, 0.717) is 12.5 Å². The maximum absolute atomic E-state index is 11.9. The number of ether oxygens (including phenoxy) is 2. The van der Waals surface area contributed by atoms with Crippen LogP contribution in [-0.2, 0) is 18.7 Å². The summed E-state index contributed by atoms with van der Waals surface area (Å²) >= 11 is 0. The molecule has 1 heterocycles. The first-order valence-corrected chi connectivity index (χ1v) is 12.7. The standard InChI is InChI=1S/C21H38O4Si/c1-19(2,3)26(8,9)25-14-16-20(4,5)11-10-17-21(16,6)15(13-24-17)12-18(22)23-7/h12,16-17H,10-11,13-14H2,1-9H3/b15-12+/t16-,17+,21-/m0/s1. The fourth-order valence-corrected chi connectivity index (χ4v) is 5.37. The number of methoxy groups -OCH3 is 1. The molecule has 0 amide bonds. The van der Waals surface area contributed by atoms with Gasteiger partial charge in [-0.25, -0.2) is 4.79 Å². The zero-order chi connectivity index (χ0) is 20.0. The fraction of sp³-hybridized carbons (Fsp3) is 0.857. The van der Waals surface area contributed by atoms with E-state index in [2.05, 4.69) is 54.6 Å². The first-order chi connectivity index (χ1) is 11.8. The molecule has 150 valence electrons. The lowest BCUT2D eigenvalue weighted by atomic mass is 9.54. The maximum Gasteiger partial charge on any atom is 0.330 e. The molecule has 1 aliphatic carbocycles. The molecule has 2 fully saturated rings. The van der Waals surface area contributed by atoms with Gasteiger partial charge in [0.2, 0.25) is 0 Å². The monoisotopic (exact) mass is 382 g/mol. The Hall–Kier alpha value is -0.653. The van der Waals surface area contributed by atoms with Gasteiger partial charge >= 0.3 is 5.97 Å². The minimum Gasteiger partial charge on any atom is -0.466 e. The van der Waals surface area contributed by atoms with Crippen LogP contribution in [0.25, 0.3) is 0 Å². The predicted octanol–water partition coefficient (Wildman–Crippen LogP) is 4.95. The average molecular weight is 383 g/mol. The van der Waals surface area contributed by atoms with Gasteiger partial charge in [0.05, 0.1) is 19.8 Å². The van der Waals surface area contributed by atoms with E-state index in [1.54, 1.807) is 6.08 Å². The highest BCUT2D eigenvalue weighted by molar-refractivity contribution is 6.74. The summed E-state index contributed by atoms with van der Waals surface area (Å²) in [6.07, 6.45) is 3.95. The van der Waals surface area contributed by atoms with E-state index in [4.69, 9.17) is 13.9 Å². The first-order valence-electron chi connectivity index (χ1n) is 9.80. The summed E-state index contributed by atoms with van der Waals surface area (Å²) in [5, 5.41) is 0.184. The molecule has 4 nitrogen and oxygen atoms in total. The first kappa shape index (κ1) is 21.6. The third-order valence-electron chi connectivity index (χ3n) is 7.43. The minimum atomic E-state index is -1.84. The van der Waals surface area contributed by atoms with Crippen molar-refractivity contribution >= 4 is 14.3 Å². The second kappa shape index (κ2) is 7.06. The summed E-state index contributed by atoms with van der Waals surface area (Å²) in [7, 11) is -0.413. The summed E-state index contributed by atoms with van der Waals surface area (Å²) in [5.41, 5.74) is 1.01. The Morgan fingerprint density at radius 1 is 1.31 bits per heavy atom. The average Bonchev–Trinajstić information content (AvgIpc) is 2.81. The van der Waals surface area contributed by atoms with Gasteiger partial charge in [0.1, 0.15) is 0 Å². The van der Waals surface area contributed by atoms with Crippen molar-refractivity contribution < 1.29 is 18.7 Å². The third-order valence-corrected chi connectivity index (χ3v) is 11.9. The van der Waals surface area contributed by atoms with Crippen LogP contribution in [0.2, 0.25) is 18.1 Å². The number of fused-ring (bicyclic) bond motifs is 1. The minimum absolute atomic E-state index is 0.135. The van der Waals surface area contributed by atoms with Crippen LogP contribution in [0.5, 0.6) is 0 Å². The Kier molecular flexibility index (Phi) is 5.88. The summed E-state index contributed by atoms with van der Waals surface area (Å²) < 4.78 is 17.7. The molecule has 0 unspecified atom stereocenters. The van der Waals surface area contributed by atoms with Gasteiger partial charge in [-0.2, -0.15) is 0 Å². The summed E-state index contributed by atoms with van der Waals surface area (Å²) in [4.78, 5) is 11.9. The number of hydrogen-bond donors (Lipinski definition) is 0. The molecular formula is C21H38O4Si. The van der Waals surface area contributed by atoms with Crippen molar-refractivity contribution in [3.05, 3.63) is 11.6 Å². The normalized spacial score (nSPS) is 33.2. The summed E-state index contributed by atoms with van der Waals surface area (Å²) in [6, 6.07) is 0. The van der Waals surface area contributed by atoms with Gasteiger partial charge < -0.3 is 13.9 Å². The van der Waals surface area contributed by atoms with E-state index in [1.807, 2.05) is 0 Å². The van der Waals surface area contributed by atoms with Crippen LogP contribution in [0.15, 0.2) is 11.6 Å². The lowest BCUT2D eigenvalue weighted by Gasteiger charge is -2.53. The van der Waals surface area contributed by atoms with Crippen molar-refractivity contribution in [1.82, 2.24) is 0 Å². The molecule has 0 bridgehead atoms. The molecular weight excluding hydrogens is 344 g/mol. The Balaban J connectivity index is 2.36. The molecule has 26 heavy (non-hydrogen) atoms. The molecule has 0 aromatic carbocycles. The maximum atomic E-state index is 11.9. The van der Waals surface area contributed by atoms with Crippen LogP contribution in [0.4, 0.5) is 0 Å². The Labute approximate surface area is 160 Å². The van der Waals surface area contributed by atoms with E-state index in [0.717, 1.165) is 25.0 Å². The Morgan fingerprint density at radius 2 is 1.92 bits per heavy atom. The fourth-order valence-electron chi connectivity index (χ4n) is 4.35. The van der Waals surface area contributed by atoms with Crippen LogP contribution >= 0.6 is 0 Å². The summed E-state index contributed by atoms with van der Waals surface area (Å²) in [6.45, 7) is 19.6. The van der Waals surface area contributed by atoms with Gasteiger partial charge in [0, 0.05) is 18.1 Å². The number of rotatable bonds is 4. The largest absolute Gasteiger partial charge is 0.466 e. The summed E-state index contributed by atoms with van der Waals surface area (Å²) in [5.74, 6) is 0.0131. The molecule has 2 aliphatic rings. The molecule has 0 N–H and O–H groups in total. The molecule has 0 aromatic rings. The zero-order valence-corrected chi connectivity index (χ0v) is 19.2. The van der Waals surface area contributed by atoms with Gasteiger partial charge in [-0.1, -0.05) is 41.5 Å². The van der Waals surface area contributed by atoms with Gasteiger partial charge in [-0.15, -0.1) is 0 Å². The van der Waals surface area contributed by atoms with E-state index >= 15 is 0 Å². The smallest absolute Gasteiger partial charge is 0.330 e. The molecule has 0 radical (unpaired) electrons. The molecule has 1 saturated heterocycles. The number of carbonyl (C=O) groups is 1. The number of hydrogen-bond acceptors (Lipinski definition) is 4. The van der Waals surface area contributed by atoms with E-state index in [-0.39, 0.29) is 27.9 Å². The quantitative estimate of drug-likeness (QED) is 0.392. The van der Waals surface area contributed by atoms with Crippen molar-refractivity contribution in [3.8, 4) is 0 Å². The number of esters is 1. The van der Waals surface area contributed by atoms with Crippen LogP contribution < -0.4 is 0 Å². The van der Waals surface area contributed by atoms with Crippen molar-refractivity contribution in [2.75, 3.05) is 20.3 Å². The predicted molar refractivity (Wildman–Crippen MR) is 108 cm³/mol. The van der Waals surface area contributed by atoms with Crippen molar-refractivity contribution in [1.29, 1.82) is 0 Å². The van der Waals surface area contributed by atoms with Gasteiger partial charge in [-0.3, -0.25) is 0 Å². The molecule has 0 aromatic heterocycles. The molecule has 1 aliphatic heterocycles. The van der Waals surface area contributed by atoms with Gasteiger partial charge in [0.15, 0.2) is 8.32 Å². The van der Waals surface area contributed by atoms with E-state index in [1.165, 1.54) is 7.11 Å². The lowest BCUT2D eigenvalue weighted by Crippen LogP contribution is -2.53. The molecule has 2 rings (SSSR count). The van der Waals surface area contributed by atoms with Crippen molar-refractivity contribution in [2.45, 2.75) is 78.6 Å². The highest BCUT2D eigenvalue weighted by Gasteiger charge is 2.57. The molecule has 1 saturated carbocycles. The second-order valence-electron chi connectivity index (χ2n) is 10.4. The van der Waals surface area contributed by atoms with Crippen molar-refractivity contribution in [3.63, 3.8) is 0 Å². The molecule has 5 heteroatoms. The highest BCUT2D eigenvalue weighted by atomic mass is 28.4. The van der Waals surface area contributed by atoms with E-state index in [9.17, 15) is 4.79 Å². The lowest BCUT2D eigenvalue weighted by molar-refractivity contribution is -0.135. The Bertz CT molecular complexity index is 573. The van der Waals surface area contributed by atoms with Crippen LogP contribution in [0, 0.1) is 16.7 Å². The second-order valence-corrected chi connectivity index (χ2v) is 15.2. The molecule has 3 atom stereocenters. The zero-order valence-electron chi connectivity index (χ0n) is 18.2. The number of carbonyl (C=O) groups excluding carboxylic acids is 1. The van der Waals surface area contributed by atoms with Gasteiger partial charge in [0.25, 0.3) is 0 Å². The topological polar surface area (TPSA) is 44.8 Å². The van der Waals surface area contributed by atoms with Crippen molar-refractivity contribution in [2.24, 2.45) is 16.7 Å². The van der Waals surface area contributed by atoms with Gasteiger partial charge in [-0.05, 0) is 47.9 Å². The van der Waals surface area contributed by atoms with Crippen LogP contribution in [0.1, 0.15) is 54.4 Å². The Morgan fingerprint density at radius 3 is 2.46 bits per heavy atom.